The van der Waals surface area contributed by atoms with E-state index in [1.54, 1.807) is 0 Å². The zero-order valence-electron chi connectivity index (χ0n) is 11.8. The van der Waals surface area contributed by atoms with Gasteiger partial charge in [0.15, 0.2) is 5.00 Å². The number of hydrazine groups is 1. The molecular weight excluding hydrogens is 316 g/mol. The number of nitrogens with zero attached hydrogens (tertiary/aromatic N) is 2. The first-order chi connectivity index (χ1) is 9.75. The number of thiophene rings is 1. The molecule has 0 aromatic carbocycles. The van der Waals surface area contributed by atoms with Crippen LogP contribution in [0.15, 0.2) is 10.3 Å². The van der Waals surface area contributed by atoms with E-state index in [9.17, 15) is 18.5 Å². The Labute approximate surface area is 127 Å². The van der Waals surface area contributed by atoms with Crippen LogP contribution in [0, 0.1) is 22.0 Å². The second-order valence-corrected chi connectivity index (χ2v) is 8.67. The molecular formula is C11H18N4O4S2. The monoisotopic (exact) mass is 334 g/mol. The van der Waals surface area contributed by atoms with Crippen LogP contribution in [-0.2, 0) is 10.0 Å². The Morgan fingerprint density at radius 2 is 2.00 bits per heavy atom. The number of nitro groups is 1. The minimum absolute atomic E-state index is 0.0386. The first-order valence-corrected chi connectivity index (χ1v) is 8.76. The molecule has 0 amide bonds. The summed E-state index contributed by atoms with van der Waals surface area (Å²) in [6.45, 7) is 4.87. The maximum atomic E-state index is 12.6. The van der Waals surface area contributed by atoms with Crippen LogP contribution in [0.1, 0.15) is 20.3 Å². The lowest BCUT2D eigenvalue weighted by atomic mass is 9.94. The molecule has 0 bridgehead atoms. The Balaban J connectivity index is 2.37. The third kappa shape index (κ3) is 3.18. The number of anilines is 1. The molecule has 1 aliphatic rings. The maximum absolute atomic E-state index is 12.6. The van der Waals surface area contributed by atoms with Crippen LogP contribution in [0.2, 0.25) is 0 Å². The third-order valence-corrected chi connectivity index (χ3v) is 6.78. The zero-order chi connectivity index (χ0) is 15.8. The average Bonchev–Trinajstić information content (AvgIpc) is 2.82. The quantitative estimate of drug-likeness (QED) is 0.490. The van der Waals surface area contributed by atoms with Gasteiger partial charge in [0.25, 0.3) is 10.0 Å². The number of rotatable bonds is 4. The molecule has 1 fully saturated rings. The molecule has 3 N–H and O–H groups in total. The minimum atomic E-state index is -3.72. The first-order valence-electron chi connectivity index (χ1n) is 6.50. The molecule has 1 aromatic rings. The van der Waals surface area contributed by atoms with Crippen molar-refractivity contribution < 1.29 is 13.3 Å². The van der Waals surface area contributed by atoms with Crippen LogP contribution in [0.4, 0.5) is 10.7 Å². The number of nitrogens with two attached hydrogens (primary N) is 1. The Morgan fingerprint density at radius 1 is 1.43 bits per heavy atom. The van der Waals surface area contributed by atoms with Crippen molar-refractivity contribution in [3.8, 4) is 0 Å². The van der Waals surface area contributed by atoms with Crippen LogP contribution in [-0.4, -0.2) is 30.7 Å². The number of nitrogens with one attached hydrogen (secondary N) is 1. The molecule has 1 saturated heterocycles. The molecule has 2 heterocycles. The fourth-order valence-corrected chi connectivity index (χ4v) is 5.73. The van der Waals surface area contributed by atoms with E-state index < -0.39 is 14.9 Å². The largest absolute Gasteiger partial charge is 0.310 e. The molecule has 2 atom stereocenters. The van der Waals surface area contributed by atoms with Gasteiger partial charge >= 0.3 is 5.69 Å². The highest BCUT2D eigenvalue weighted by atomic mass is 32.2. The van der Waals surface area contributed by atoms with Crippen molar-refractivity contribution in [1.29, 1.82) is 0 Å². The summed E-state index contributed by atoms with van der Waals surface area (Å²) >= 11 is 0.783. The SMILES string of the molecule is CC1CC(C)CN(S(=O)(=O)c2cc([N+](=O)[O-])c(NN)s2)C1. The molecule has 118 valence electrons. The van der Waals surface area contributed by atoms with Gasteiger partial charge in [-0.2, -0.15) is 4.31 Å². The van der Waals surface area contributed by atoms with Crippen molar-refractivity contribution in [2.75, 3.05) is 18.5 Å². The van der Waals surface area contributed by atoms with Crippen molar-refractivity contribution in [3.63, 3.8) is 0 Å². The molecule has 21 heavy (non-hydrogen) atoms. The first kappa shape index (κ1) is 16.1. The summed E-state index contributed by atoms with van der Waals surface area (Å²) in [6.07, 6.45) is 0.978. The molecule has 0 saturated carbocycles. The molecule has 2 unspecified atom stereocenters. The summed E-state index contributed by atoms with van der Waals surface area (Å²) < 4.78 is 26.6. The summed E-state index contributed by atoms with van der Waals surface area (Å²) in [6, 6.07) is 1.07. The normalized spacial score (nSPS) is 24.0. The van der Waals surface area contributed by atoms with E-state index in [4.69, 9.17) is 5.84 Å². The van der Waals surface area contributed by atoms with E-state index in [1.807, 2.05) is 13.8 Å². The summed E-state index contributed by atoms with van der Waals surface area (Å²) in [5.41, 5.74) is 1.86. The van der Waals surface area contributed by atoms with Gasteiger partial charge in [0, 0.05) is 19.2 Å². The van der Waals surface area contributed by atoms with Crippen LogP contribution in [0.25, 0.3) is 0 Å². The third-order valence-electron chi connectivity index (χ3n) is 3.45. The molecule has 1 aliphatic heterocycles. The molecule has 0 radical (unpaired) electrons. The van der Waals surface area contributed by atoms with Crippen LogP contribution in [0.3, 0.4) is 0 Å². The predicted molar refractivity (Wildman–Crippen MR) is 80.5 cm³/mol. The predicted octanol–water partition coefficient (Wildman–Crippen LogP) is 1.61. The Bertz CT molecular complexity index is 633. The highest BCUT2D eigenvalue weighted by Crippen LogP contribution is 2.38. The van der Waals surface area contributed by atoms with E-state index in [0.717, 1.165) is 23.8 Å². The number of piperidine rings is 1. The van der Waals surface area contributed by atoms with E-state index in [-0.39, 0.29) is 26.7 Å². The van der Waals surface area contributed by atoms with Gasteiger partial charge in [-0.15, -0.1) is 0 Å². The molecule has 10 heteroatoms. The molecule has 0 aliphatic carbocycles. The van der Waals surface area contributed by atoms with Crippen LogP contribution < -0.4 is 11.3 Å². The smallest absolute Gasteiger partial charge is 0.306 e. The van der Waals surface area contributed by atoms with Gasteiger partial charge in [-0.25, -0.2) is 14.3 Å². The van der Waals surface area contributed by atoms with Gasteiger partial charge in [-0.05, 0) is 18.3 Å². The van der Waals surface area contributed by atoms with E-state index in [2.05, 4.69) is 5.43 Å². The fourth-order valence-electron chi connectivity index (χ4n) is 2.65. The van der Waals surface area contributed by atoms with Crippen molar-refractivity contribution >= 4 is 32.0 Å². The molecule has 2 rings (SSSR count). The summed E-state index contributed by atoms with van der Waals surface area (Å²) in [7, 11) is -3.72. The molecule has 1 aromatic heterocycles. The van der Waals surface area contributed by atoms with E-state index >= 15 is 0 Å². The van der Waals surface area contributed by atoms with Crippen molar-refractivity contribution in [2.45, 2.75) is 24.5 Å². The minimum Gasteiger partial charge on any atom is -0.310 e. The van der Waals surface area contributed by atoms with E-state index in [1.165, 1.54) is 4.31 Å². The van der Waals surface area contributed by atoms with Gasteiger partial charge in [0.05, 0.1) is 4.92 Å². The Kier molecular flexibility index (Phi) is 4.51. The zero-order valence-corrected chi connectivity index (χ0v) is 13.4. The Morgan fingerprint density at radius 3 is 2.43 bits per heavy atom. The molecule has 8 nitrogen and oxygen atoms in total. The second-order valence-electron chi connectivity index (χ2n) is 5.45. The van der Waals surface area contributed by atoms with Gasteiger partial charge in [0.2, 0.25) is 0 Å². The molecule has 0 spiro atoms. The van der Waals surface area contributed by atoms with Gasteiger partial charge < -0.3 is 5.43 Å². The highest BCUT2D eigenvalue weighted by Gasteiger charge is 2.34. The lowest BCUT2D eigenvalue weighted by Crippen LogP contribution is -2.42. The summed E-state index contributed by atoms with van der Waals surface area (Å²) in [5.74, 6) is 5.75. The summed E-state index contributed by atoms with van der Waals surface area (Å²) in [5, 5.41) is 10.9. The lowest BCUT2D eigenvalue weighted by Gasteiger charge is -2.33. The van der Waals surface area contributed by atoms with Crippen LogP contribution in [0.5, 0.6) is 0 Å². The van der Waals surface area contributed by atoms with Crippen molar-refractivity contribution in [3.05, 3.63) is 16.2 Å². The Hall–Kier alpha value is -1.23. The standard InChI is InChI=1S/C11H18N4O4S2/c1-7-3-8(2)6-14(5-7)21(18,19)10-4-9(15(16)17)11(13-12)20-10/h4,7-8,13H,3,5-6,12H2,1-2H3. The fraction of sp³-hybridized carbons (Fsp3) is 0.636. The second kappa shape index (κ2) is 5.87. The van der Waals surface area contributed by atoms with Gasteiger partial charge in [-0.1, -0.05) is 25.2 Å². The number of hydrogen-bond acceptors (Lipinski definition) is 7. The topological polar surface area (TPSA) is 119 Å². The van der Waals surface area contributed by atoms with Crippen LogP contribution >= 0.6 is 11.3 Å². The van der Waals surface area contributed by atoms with E-state index in [0.29, 0.717) is 13.1 Å². The number of sulfonamides is 1. The summed E-state index contributed by atoms with van der Waals surface area (Å²) in [4.78, 5) is 10.3. The lowest BCUT2D eigenvalue weighted by molar-refractivity contribution is -0.383. The number of hydrogen-bond donors (Lipinski definition) is 2. The van der Waals surface area contributed by atoms with Gasteiger partial charge in [-0.3, -0.25) is 10.1 Å². The highest BCUT2D eigenvalue weighted by molar-refractivity contribution is 7.91. The maximum Gasteiger partial charge on any atom is 0.306 e. The van der Waals surface area contributed by atoms with Gasteiger partial charge in [0.1, 0.15) is 4.21 Å². The number of nitrogen functional groups attached to an aromatic ring is 1. The average molecular weight is 334 g/mol. The van der Waals surface area contributed by atoms with Crippen molar-refractivity contribution in [1.82, 2.24) is 4.31 Å². The van der Waals surface area contributed by atoms with Crippen molar-refractivity contribution in [2.24, 2.45) is 17.7 Å².